The Morgan fingerprint density at radius 1 is 1.11 bits per heavy atom. The maximum atomic E-state index is 11.9. The number of hydrogen-bond donors (Lipinski definition) is 5. The summed E-state index contributed by atoms with van der Waals surface area (Å²) in [4.78, 5) is 16.3. The maximum Gasteiger partial charge on any atom is 0.164 e. The average molecular weight is 629 g/mol. The van der Waals surface area contributed by atoms with E-state index >= 15 is 0 Å². The second kappa shape index (κ2) is 19.9. The van der Waals surface area contributed by atoms with Crippen molar-refractivity contribution in [3.63, 3.8) is 0 Å². The van der Waals surface area contributed by atoms with Crippen molar-refractivity contribution in [3.05, 3.63) is 108 Å². The first kappa shape index (κ1) is 36.9. The minimum Gasteiger partial charge on any atom is -0.507 e. The second-order valence-electron chi connectivity index (χ2n) is 10.7. The van der Waals surface area contributed by atoms with Crippen LogP contribution in [0.5, 0.6) is 5.75 Å². The van der Waals surface area contributed by atoms with Gasteiger partial charge < -0.3 is 26.8 Å². The van der Waals surface area contributed by atoms with Crippen LogP contribution in [0.15, 0.2) is 96.6 Å². The van der Waals surface area contributed by atoms with Crippen LogP contribution in [0, 0.1) is 11.3 Å². The van der Waals surface area contributed by atoms with Crippen molar-refractivity contribution in [2.75, 3.05) is 18.8 Å². The summed E-state index contributed by atoms with van der Waals surface area (Å²) in [5, 5.41) is 30.2. The van der Waals surface area contributed by atoms with Crippen LogP contribution in [0.1, 0.15) is 73.9 Å². The first-order valence-corrected chi connectivity index (χ1v) is 16.3. The third kappa shape index (κ3) is 13.1. The Labute approximate surface area is 273 Å². The van der Waals surface area contributed by atoms with Gasteiger partial charge in [0.05, 0.1) is 22.7 Å². The number of ketones is 1. The van der Waals surface area contributed by atoms with Crippen molar-refractivity contribution in [2.45, 2.75) is 69.5 Å². The maximum absolute atomic E-state index is 11.9. The first-order valence-electron chi connectivity index (χ1n) is 15.3. The number of phenols is 1. The van der Waals surface area contributed by atoms with Crippen molar-refractivity contribution in [2.24, 2.45) is 5.73 Å². The highest BCUT2D eigenvalue weighted by Crippen LogP contribution is 2.21. The predicted molar refractivity (Wildman–Crippen MR) is 188 cm³/mol. The molecule has 2 atom stereocenters. The predicted octanol–water partition coefficient (Wildman–Crippen LogP) is 6.59. The lowest BCUT2D eigenvalue weighted by Crippen LogP contribution is -2.37. The Balaban J connectivity index is 1.91. The van der Waals surface area contributed by atoms with Gasteiger partial charge in [-0.1, -0.05) is 57.9 Å². The molecule has 0 aliphatic rings. The molecule has 0 aliphatic heterocycles. The molecule has 9 heteroatoms. The summed E-state index contributed by atoms with van der Waals surface area (Å²) in [5.74, 6) is 0.790. The van der Waals surface area contributed by atoms with Gasteiger partial charge >= 0.3 is 0 Å². The van der Waals surface area contributed by atoms with Crippen LogP contribution in [0.2, 0.25) is 0 Å². The Morgan fingerprint density at radius 3 is 2.53 bits per heavy atom. The van der Waals surface area contributed by atoms with Crippen LogP contribution >= 0.6 is 11.8 Å². The zero-order valence-electron chi connectivity index (χ0n) is 26.7. The minimum atomic E-state index is -0.0556. The number of carbonyl (C=O) groups is 1. The fourth-order valence-electron chi connectivity index (χ4n) is 4.37. The number of pyridine rings is 1. The molecule has 2 rings (SSSR count). The van der Waals surface area contributed by atoms with Crippen molar-refractivity contribution in [1.29, 1.82) is 5.26 Å². The fourth-order valence-corrected chi connectivity index (χ4v) is 5.32. The molecule has 2 aromatic rings. The van der Waals surface area contributed by atoms with Crippen LogP contribution in [-0.2, 0) is 0 Å². The lowest BCUT2D eigenvalue weighted by molar-refractivity contribution is 0.0987. The normalized spacial score (nSPS) is 12.1. The lowest BCUT2D eigenvalue weighted by atomic mass is 10.1. The summed E-state index contributed by atoms with van der Waals surface area (Å²) in [6, 6.07) is 10.6. The molecule has 2 unspecified atom stereocenters. The molecule has 1 aromatic carbocycles. The molecule has 0 saturated heterocycles. The van der Waals surface area contributed by atoms with Gasteiger partial charge in [0.15, 0.2) is 5.78 Å². The number of Topliss-reactive ketones (excluding diaryl/α,β-unsaturated/α-hetero) is 1. The molecule has 0 fully saturated rings. The van der Waals surface area contributed by atoms with Gasteiger partial charge in [-0.25, -0.2) is 4.98 Å². The standard InChI is InChI=1S/C36H48N6O2S/c1-7-25(3)33(24-45-36-17-15-30(23-40-36)34(43)8-2)42-27(5)18-20-39-28(6)32(11-9-10-19-37)41-26(4)12-13-29-14-16-35(44)31(21-29)22-38/h12-17,21,23,32-33,39,41-42,44H,3-11,18-20,24,37H2,1-2H3/b13-12+. The zero-order valence-corrected chi connectivity index (χ0v) is 27.5. The molecule has 1 heterocycles. The van der Waals surface area contributed by atoms with E-state index in [9.17, 15) is 9.90 Å². The largest absolute Gasteiger partial charge is 0.507 e. The SMILES string of the molecule is C=C(/C=C/c1ccc(O)c(C#N)c1)NC(CCCCN)C(=C)NCCC(=C)NC(CSc1ccc(C(=O)CC)cn1)C(=C)CC. The van der Waals surface area contributed by atoms with Gasteiger partial charge in [0, 0.05) is 54.0 Å². The number of hydrogen-bond acceptors (Lipinski definition) is 9. The molecule has 0 aliphatic carbocycles. The van der Waals surface area contributed by atoms with E-state index in [-0.39, 0.29) is 29.2 Å². The topological polar surface area (TPSA) is 136 Å². The molecule has 8 nitrogen and oxygen atoms in total. The summed E-state index contributed by atoms with van der Waals surface area (Å²) < 4.78 is 0. The molecule has 0 spiro atoms. The van der Waals surface area contributed by atoms with Gasteiger partial charge in [-0.2, -0.15) is 5.26 Å². The van der Waals surface area contributed by atoms with Gasteiger partial charge in [0.2, 0.25) is 0 Å². The molecule has 45 heavy (non-hydrogen) atoms. The number of carbonyl (C=O) groups excluding carboxylic acids is 1. The van der Waals surface area contributed by atoms with Crippen LogP contribution in [0.3, 0.4) is 0 Å². The summed E-state index contributed by atoms with van der Waals surface area (Å²) in [6.45, 7) is 22.2. The summed E-state index contributed by atoms with van der Waals surface area (Å²) in [7, 11) is 0. The number of benzene rings is 1. The van der Waals surface area contributed by atoms with Crippen molar-refractivity contribution < 1.29 is 9.90 Å². The summed E-state index contributed by atoms with van der Waals surface area (Å²) in [5.41, 5.74) is 10.9. The molecular formula is C36H48N6O2S. The number of nitrogens with zero attached hydrogens (tertiary/aromatic N) is 2. The number of thioether (sulfide) groups is 1. The van der Waals surface area contributed by atoms with Crippen molar-refractivity contribution >= 4 is 23.6 Å². The van der Waals surface area contributed by atoms with E-state index in [0.717, 1.165) is 59.0 Å². The van der Waals surface area contributed by atoms with E-state index in [1.54, 1.807) is 30.1 Å². The summed E-state index contributed by atoms with van der Waals surface area (Å²) in [6.07, 6.45) is 10.0. The Kier molecular flexibility index (Phi) is 16.3. The zero-order chi connectivity index (χ0) is 33.2. The number of phenolic OH excluding ortho intramolecular Hbond substituents is 1. The highest BCUT2D eigenvalue weighted by molar-refractivity contribution is 7.99. The van der Waals surface area contributed by atoms with E-state index in [1.165, 1.54) is 6.07 Å². The molecule has 0 radical (unpaired) electrons. The van der Waals surface area contributed by atoms with Gasteiger partial charge in [-0.05, 0) is 68.1 Å². The fraction of sp³-hybridized carbons (Fsp3) is 0.361. The number of rotatable bonds is 22. The number of aromatic hydroxyl groups is 1. The first-order chi connectivity index (χ1) is 21.6. The van der Waals surface area contributed by atoms with Gasteiger partial charge in [0.1, 0.15) is 11.8 Å². The lowest BCUT2D eigenvalue weighted by Gasteiger charge is -2.25. The second-order valence-corrected chi connectivity index (χ2v) is 11.8. The van der Waals surface area contributed by atoms with Crippen molar-refractivity contribution in [3.8, 4) is 11.8 Å². The van der Waals surface area contributed by atoms with Gasteiger partial charge in [-0.15, -0.1) is 11.8 Å². The molecule has 240 valence electrons. The number of nitrogens with two attached hydrogens (primary N) is 1. The Morgan fingerprint density at radius 2 is 1.89 bits per heavy atom. The monoisotopic (exact) mass is 628 g/mol. The third-order valence-corrected chi connectivity index (χ3v) is 8.26. The van der Waals surface area contributed by atoms with Crippen molar-refractivity contribution in [1.82, 2.24) is 20.9 Å². The minimum absolute atomic E-state index is 0.0352. The van der Waals surface area contributed by atoms with Gasteiger partial charge in [0.25, 0.3) is 0 Å². The average Bonchev–Trinajstić information content (AvgIpc) is 3.05. The van der Waals surface area contributed by atoms with E-state index in [2.05, 4.69) is 54.2 Å². The molecule has 1 aromatic heterocycles. The number of aromatic nitrogens is 1. The van der Waals surface area contributed by atoms with Crippen LogP contribution in [0.25, 0.3) is 6.08 Å². The number of nitriles is 1. The van der Waals surface area contributed by atoms with E-state index in [4.69, 9.17) is 11.0 Å². The molecule has 0 saturated carbocycles. The quantitative estimate of drug-likeness (QED) is 0.0322. The van der Waals surface area contributed by atoms with Crippen LogP contribution < -0.4 is 21.7 Å². The Bertz CT molecular complexity index is 1390. The van der Waals surface area contributed by atoms with Crippen LogP contribution in [0.4, 0.5) is 0 Å². The van der Waals surface area contributed by atoms with E-state index in [0.29, 0.717) is 37.2 Å². The highest BCUT2D eigenvalue weighted by atomic mass is 32.2. The van der Waals surface area contributed by atoms with Gasteiger partial charge in [-0.3, -0.25) is 4.79 Å². The molecule has 0 amide bonds. The molecule has 0 bridgehead atoms. The molecule has 6 N–H and O–H groups in total. The number of allylic oxidation sites excluding steroid dienone is 1. The third-order valence-electron chi connectivity index (χ3n) is 7.23. The number of unbranched alkanes of at least 4 members (excludes halogenated alkanes) is 1. The van der Waals surface area contributed by atoms with E-state index < -0.39 is 0 Å². The highest BCUT2D eigenvalue weighted by Gasteiger charge is 2.15. The smallest absolute Gasteiger partial charge is 0.164 e. The number of nitrogens with one attached hydrogen (secondary N) is 3. The van der Waals surface area contributed by atoms with Crippen LogP contribution in [-0.4, -0.2) is 46.8 Å². The Hall–Kier alpha value is -4.26. The summed E-state index contributed by atoms with van der Waals surface area (Å²) >= 11 is 1.62. The van der Waals surface area contributed by atoms with E-state index in [1.807, 2.05) is 37.3 Å². The molecular weight excluding hydrogens is 581 g/mol.